The first-order valence-electron chi connectivity index (χ1n) is 1.38. The zero-order chi connectivity index (χ0) is 4.50. The number of halogens is 2. The Bertz CT molecular complexity index is 24.3. The SMILES string of the molecule is CC(C)(Cl)Cl.N. The summed E-state index contributed by atoms with van der Waals surface area (Å²) in [6, 6.07) is 0. The van der Waals surface area contributed by atoms with Gasteiger partial charge in [-0.15, -0.1) is 23.2 Å². The summed E-state index contributed by atoms with van der Waals surface area (Å²) in [5, 5.41) is 0. The molecule has 3 N–H and O–H groups in total. The maximum Gasteiger partial charge on any atom is 0.112 e. The fourth-order valence-corrected chi connectivity index (χ4v) is 0. The maximum atomic E-state index is 5.30. The summed E-state index contributed by atoms with van der Waals surface area (Å²) < 4.78 is -0.556. The largest absolute Gasteiger partial charge is 0.344 e. The van der Waals surface area contributed by atoms with Crippen LogP contribution in [0.15, 0.2) is 0 Å². The molecule has 0 saturated carbocycles. The Morgan fingerprint density at radius 2 is 1.17 bits per heavy atom. The summed E-state index contributed by atoms with van der Waals surface area (Å²) in [6.07, 6.45) is 0. The number of hydrogen-bond acceptors (Lipinski definition) is 1. The molecule has 0 radical (unpaired) electrons. The summed E-state index contributed by atoms with van der Waals surface area (Å²) in [5.41, 5.74) is 0. The van der Waals surface area contributed by atoms with Gasteiger partial charge in [0, 0.05) is 0 Å². The summed E-state index contributed by atoms with van der Waals surface area (Å²) in [4.78, 5) is 0. The van der Waals surface area contributed by atoms with Crippen molar-refractivity contribution in [2.75, 3.05) is 0 Å². The van der Waals surface area contributed by atoms with Crippen LogP contribution in [0.1, 0.15) is 13.8 Å². The molecular formula is C3H9Cl2N. The highest BCUT2D eigenvalue weighted by Gasteiger charge is 2.03. The van der Waals surface area contributed by atoms with Gasteiger partial charge in [-0.25, -0.2) is 0 Å². The molecule has 0 aromatic heterocycles. The number of rotatable bonds is 0. The maximum absolute atomic E-state index is 5.30. The molecule has 0 aliphatic rings. The quantitative estimate of drug-likeness (QED) is 0.502. The molecule has 0 fully saturated rings. The average Bonchev–Trinajstić information content (AvgIpc) is 0.722. The fourth-order valence-electron chi connectivity index (χ4n) is 0. The Labute approximate surface area is 48.2 Å². The topological polar surface area (TPSA) is 35.0 Å². The molecule has 0 aromatic rings. The van der Waals surface area contributed by atoms with Gasteiger partial charge in [0.25, 0.3) is 0 Å². The fraction of sp³-hybridized carbons (Fsp3) is 1.00. The highest BCUT2D eigenvalue weighted by atomic mass is 35.5. The molecule has 0 spiro atoms. The van der Waals surface area contributed by atoms with Crippen molar-refractivity contribution in [1.82, 2.24) is 6.15 Å². The van der Waals surface area contributed by atoms with Crippen molar-refractivity contribution >= 4 is 23.2 Å². The van der Waals surface area contributed by atoms with Gasteiger partial charge in [0.05, 0.1) is 0 Å². The molecule has 0 aliphatic carbocycles. The van der Waals surface area contributed by atoms with Gasteiger partial charge in [-0.3, -0.25) is 0 Å². The molecule has 3 heteroatoms. The lowest BCUT2D eigenvalue weighted by Crippen LogP contribution is -1.93. The predicted octanol–water partition coefficient (Wildman–Crippen LogP) is 2.36. The van der Waals surface area contributed by atoms with Crippen molar-refractivity contribution < 1.29 is 0 Å². The molecule has 1 nitrogen and oxygen atoms in total. The van der Waals surface area contributed by atoms with Crippen LogP contribution < -0.4 is 6.15 Å². The second-order valence-corrected chi connectivity index (χ2v) is 3.41. The third kappa shape index (κ3) is 195. The molecule has 0 heterocycles. The number of hydrogen-bond donors (Lipinski definition) is 1. The van der Waals surface area contributed by atoms with Crippen molar-refractivity contribution in [2.24, 2.45) is 0 Å². The molecule has 6 heavy (non-hydrogen) atoms. The summed E-state index contributed by atoms with van der Waals surface area (Å²) >= 11 is 10.6. The van der Waals surface area contributed by atoms with Crippen LogP contribution in [0.2, 0.25) is 0 Å². The van der Waals surface area contributed by atoms with Crippen LogP contribution in [0.5, 0.6) is 0 Å². The predicted molar refractivity (Wildman–Crippen MR) is 30.8 cm³/mol. The molecule has 0 saturated heterocycles. The average molecular weight is 130 g/mol. The van der Waals surface area contributed by atoms with Gasteiger partial charge in [0.2, 0.25) is 0 Å². The molecule has 0 rings (SSSR count). The van der Waals surface area contributed by atoms with E-state index in [0.717, 1.165) is 0 Å². The lowest BCUT2D eigenvalue weighted by molar-refractivity contribution is 0.995. The zero-order valence-electron chi connectivity index (χ0n) is 3.96. The highest BCUT2D eigenvalue weighted by molar-refractivity contribution is 6.47. The molecule has 0 bridgehead atoms. The molecule has 0 amide bonds. The summed E-state index contributed by atoms with van der Waals surface area (Å²) in [7, 11) is 0. The normalized spacial score (nSPS) is 10.0. The summed E-state index contributed by atoms with van der Waals surface area (Å²) in [6.45, 7) is 3.44. The Morgan fingerprint density at radius 3 is 1.17 bits per heavy atom. The van der Waals surface area contributed by atoms with E-state index in [2.05, 4.69) is 0 Å². The standard InChI is InChI=1S/C3H6Cl2.H3N/c1-3(2,4)5;/h1-2H3;1H3. The first-order chi connectivity index (χ1) is 2.00. The van der Waals surface area contributed by atoms with Crippen molar-refractivity contribution in [3.8, 4) is 0 Å². The van der Waals surface area contributed by atoms with Crippen LogP contribution in [-0.2, 0) is 0 Å². The van der Waals surface area contributed by atoms with Crippen LogP contribution in [0, 0.1) is 0 Å². The minimum absolute atomic E-state index is 0. The van der Waals surface area contributed by atoms with E-state index < -0.39 is 4.33 Å². The Kier molecular flexibility index (Phi) is 4.33. The van der Waals surface area contributed by atoms with Gasteiger partial charge < -0.3 is 6.15 Å². The van der Waals surface area contributed by atoms with Crippen LogP contribution in [0.25, 0.3) is 0 Å². The van der Waals surface area contributed by atoms with Crippen molar-refractivity contribution in [1.29, 1.82) is 0 Å². The molecule has 0 aromatic carbocycles. The van der Waals surface area contributed by atoms with Gasteiger partial charge in [0.1, 0.15) is 4.33 Å². The monoisotopic (exact) mass is 129 g/mol. The van der Waals surface area contributed by atoms with Crippen LogP contribution >= 0.6 is 23.2 Å². The molecular weight excluding hydrogens is 121 g/mol. The van der Waals surface area contributed by atoms with Crippen molar-refractivity contribution in [2.45, 2.75) is 18.2 Å². The van der Waals surface area contributed by atoms with Crippen LogP contribution in [0.4, 0.5) is 0 Å². The van der Waals surface area contributed by atoms with E-state index >= 15 is 0 Å². The van der Waals surface area contributed by atoms with Gasteiger partial charge in [-0.2, -0.15) is 0 Å². The smallest absolute Gasteiger partial charge is 0.112 e. The minimum atomic E-state index is -0.556. The second kappa shape index (κ2) is 2.67. The van der Waals surface area contributed by atoms with E-state index in [4.69, 9.17) is 23.2 Å². The Balaban J connectivity index is 0. The first-order valence-corrected chi connectivity index (χ1v) is 2.13. The minimum Gasteiger partial charge on any atom is -0.344 e. The third-order valence-corrected chi connectivity index (χ3v) is 0. The van der Waals surface area contributed by atoms with Gasteiger partial charge in [-0.05, 0) is 13.8 Å². The third-order valence-electron chi connectivity index (χ3n) is 0. The van der Waals surface area contributed by atoms with Gasteiger partial charge >= 0.3 is 0 Å². The van der Waals surface area contributed by atoms with Crippen LogP contribution in [-0.4, -0.2) is 4.33 Å². The molecule has 0 aliphatic heterocycles. The Hall–Kier alpha value is 0.540. The second-order valence-electron chi connectivity index (χ2n) is 1.33. The Morgan fingerprint density at radius 1 is 1.17 bits per heavy atom. The van der Waals surface area contributed by atoms with Crippen molar-refractivity contribution in [3.05, 3.63) is 0 Å². The van der Waals surface area contributed by atoms with E-state index in [0.29, 0.717) is 0 Å². The molecule has 0 atom stereocenters. The van der Waals surface area contributed by atoms with Crippen molar-refractivity contribution in [3.63, 3.8) is 0 Å². The van der Waals surface area contributed by atoms with E-state index in [1.807, 2.05) is 0 Å². The summed E-state index contributed by atoms with van der Waals surface area (Å²) in [5.74, 6) is 0. The van der Waals surface area contributed by atoms with Gasteiger partial charge in [0.15, 0.2) is 0 Å². The van der Waals surface area contributed by atoms with E-state index in [1.54, 1.807) is 13.8 Å². The van der Waals surface area contributed by atoms with E-state index in [1.165, 1.54) is 0 Å². The molecule has 40 valence electrons. The zero-order valence-corrected chi connectivity index (χ0v) is 5.47. The van der Waals surface area contributed by atoms with E-state index in [-0.39, 0.29) is 6.15 Å². The van der Waals surface area contributed by atoms with Crippen LogP contribution in [0.3, 0.4) is 0 Å². The van der Waals surface area contributed by atoms with E-state index in [9.17, 15) is 0 Å². The number of alkyl halides is 2. The van der Waals surface area contributed by atoms with Gasteiger partial charge in [-0.1, -0.05) is 0 Å². The first kappa shape index (κ1) is 9.74. The molecule has 0 unspecified atom stereocenters. The lowest BCUT2D eigenvalue weighted by atomic mass is 10.6. The highest BCUT2D eigenvalue weighted by Crippen LogP contribution is 2.16. The lowest BCUT2D eigenvalue weighted by Gasteiger charge is -1.98.